The molecule has 0 bridgehead atoms. The van der Waals surface area contributed by atoms with Crippen molar-refractivity contribution in [3.8, 4) is 0 Å². The van der Waals surface area contributed by atoms with E-state index in [0.717, 1.165) is 19.4 Å². The molecule has 0 amide bonds. The zero-order valence-corrected chi connectivity index (χ0v) is 9.54. The van der Waals surface area contributed by atoms with Gasteiger partial charge in [-0.15, -0.1) is 0 Å². The highest BCUT2D eigenvalue weighted by molar-refractivity contribution is 8.13. The molecule has 15 heavy (non-hydrogen) atoms. The van der Waals surface area contributed by atoms with E-state index >= 15 is 0 Å². The van der Waals surface area contributed by atoms with Gasteiger partial charge in [-0.05, 0) is 12.8 Å². The van der Waals surface area contributed by atoms with Crippen LogP contribution in [0.2, 0.25) is 0 Å². The molecule has 2 heterocycles. The fraction of sp³-hybridized carbons (Fsp3) is 0.625. The molecule has 1 atom stereocenters. The van der Waals surface area contributed by atoms with Crippen LogP contribution in [-0.4, -0.2) is 31.2 Å². The van der Waals surface area contributed by atoms with Crippen LogP contribution >= 0.6 is 10.7 Å². The van der Waals surface area contributed by atoms with Gasteiger partial charge in [-0.25, -0.2) is 13.4 Å². The standard InChI is InChI=1S/C8H11ClN2O3S/c9-15(12,13)8-4-11(6-10-8)7-2-1-3-14-5-7/h4,6-7H,1-3,5H2. The maximum atomic E-state index is 11.0. The Labute approximate surface area is 92.4 Å². The molecule has 0 aromatic carbocycles. The Morgan fingerprint density at radius 3 is 2.93 bits per heavy atom. The molecule has 1 aliphatic heterocycles. The average Bonchev–Trinajstić information content (AvgIpc) is 2.67. The lowest BCUT2D eigenvalue weighted by Crippen LogP contribution is -2.20. The quantitative estimate of drug-likeness (QED) is 0.739. The lowest BCUT2D eigenvalue weighted by Gasteiger charge is -2.22. The first-order valence-corrected chi connectivity index (χ1v) is 6.94. The molecule has 1 unspecified atom stereocenters. The first-order valence-electron chi connectivity index (χ1n) is 4.63. The van der Waals surface area contributed by atoms with E-state index in [0.29, 0.717) is 6.61 Å². The van der Waals surface area contributed by atoms with Crippen molar-refractivity contribution in [2.24, 2.45) is 0 Å². The molecule has 1 fully saturated rings. The van der Waals surface area contributed by atoms with E-state index in [1.54, 1.807) is 4.57 Å². The molecule has 84 valence electrons. The van der Waals surface area contributed by atoms with Crippen molar-refractivity contribution in [1.82, 2.24) is 9.55 Å². The van der Waals surface area contributed by atoms with E-state index in [2.05, 4.69) is 4.98 Å². The Morgan fingerprint density at radius 2 is 2.40 bits per heavy atom. The third-order valence-corrected chi connectivity index (χ3v) is 3.57. The summed E-state index contributed by atoms with van der Waals surface area (Å²) in [5, 5.41) is -0.102. The minimum atomic E-state index is -3.72. The highest BCUT2D eigenvalue weighted by Crippen LogP contribution is 2.21. The van der Waals surface area contributed by atoms with Crippen molar-refractivity contribution in [3.63, 3.8) is 0 Å². The predicted octanol–water partition coefficient (Wildman–Crippen LogP) is 1.16. The summed E-state index contributed by atoms with van der Waals surface area (Å²) >= 11 is 0. The van der Waals surface area contributed by atoms with E-state index in [1.807, 2.05) is 0 Å². The third kappa shape index (κ3) is 2.50. The first kappa shape index (κ1) is 10.9. The molecule has 2 rings (SSSR count). The minimum Gasteiger partial charge on any atom is -0.379 e. The van der Waals surface area contributed by atoms with Gasteiger partial charge in [0.2, 0.25) is 0 Å². The fourth-order valence-electron chi connectivity index (χ4n) is 1.60. The largest absolute Gasteiger partial charge is 0.379 e. The van der Waals surface area contributed by atoms with Gasteiger partial charge in [-0.3, -0.25) is 0 Å². The van der Waals surface area contributed by atoms with Gasteiger partial charge in [0.1, 0.15) is 0 Å². The average molecular weight is 251 g/mol. The Bertz CT molecular complexity index is 436. The molecule has 5 nitrogen and oxygen atoms in total. The molecular weight excluding hydrogens is 240 g/mol. The smallest absolute Gasteiger partial charge is 0.280 e. The van der Waals surface area contributed by atoms with Crippen molar-refractivity contribution >= 4 is 19.7 Å². The summed E-state index contributed by atoms with van der Waals surface area (Å²) < 4.78 is 29.0. The van der Waals surface area contributed by atoms with Crippen LogP contribution in [0.5, 0.6) is 0 Å². The Balaban J connectivity index is 2.19. The monoisotopic (exact) mass is 250 g/mol. The number of imidazole rings is 1. The first-order chi connectivity index (χ1) is 7.07. The van der Waals surface area contributed by atoms with Crippen molar-refractivity contribution in [1.29, 1.82) is 0 Å². The third-order valence-electron chi connectivity index (χ3n) is 2.39. The molecule has 0 spiro atoms. The molecule has 0 aliphatic carbocycles. The van der Waals surface area contributed by atoms with E-state index in [4.69, 9.17) is 15.4 Å². The summed E-state index contributed by atoms with van der Waals surface area (Å²) in [6, 6.07) is 0.165. The summed E-state index contributed by atoms with van der Waals surface area (Å²) in [4.78, 5) is 3.75. The molecule has 0 saturated carbocycles. The summed E-state index contributed by atoms with van der Waals surface area (Å²) in [7, 11) is 1.45. The lowest BCUT2D eigenvalue weighted by molar-refractivity contribution is 0.0591. The number of hydrogen-bond donors (Lipinski definition) is 0. The highest BCUT2D eigenvalue weighted by atomic mass is 35.7. The number of hydrogen-bond acceptors (Lipinski definition) is 4. The summed E-state index contributed by atoms with van der Waals surface area (Å²) in [5.74, 6) is 0. The maximum Gasteiger partial charge on any atom is 0.280 e. The summed E-state index contributed by atoms with van der Waals surface area (Å²) in [5.41, 5.74) is 0. The molecule has 1 aliphatic rings. The van der Waals surface area contributed by atoms with Crippen LogP contribution < -0.4 is 0 Å². The van der Waals surface area contributed by atoms with E-state index in [-0.39, 0.29) is 11.1 Å². The van der Waals surface area contributed by atoms with Gasteiger partial charge in [0.25, 0.3) is 9.05 Å². The van der Waals surface area contributed by atoms with Crippen LogP contribution in [0.15, 0.2) is 17.6 Å². The molecule has 0 N–H and O–H groups in total. The molecular formula is C8H11ClN2O3S. The Hall–Kier alpha value is -0.590. The second-order valence-corrected chi connectivity index (χ2v) is 5.98. The SMILES string of the molecule is O=S(=O)(Cl)c1cn(C2CCCOC2)cn1. The molecule has 1 aromatic heterocycles. The van der Waals surface area contributed by atoms with Crippen molar-refractivity contribution in [3.05, 3.63) is 12.5 Å². The van der Waals surface area contributed by atoms with Crippen LogP contribution in [0.4, 0.5) is 0 Å². The highest BCUT2D eigenvalue weighted by Gasteiger charge is 2.19. The summed E-state index contributed by atoms with van der Waals surface area (Å²) in [6.45, 7) is 1.37. The number of nitrogens with zero attached hydrogens (tertiary/aromatic N) is 2. The van der Waals surface area contributed by atoms with Gasteiger partial charge < -0.3 is 9.30 Å². The van der Waals surface area contributed by atoms with Crippen LogP contribution in [0.3, 0.4) is 0 Å². The number of aromatic nitrogens is 2. The number of halogens is 1. The Morgan fingerprint density at radius 1 is 1.60 bits per heavy atom. The van der Waals surface area contributed by atoms with Crippen LogP contribution in [0.1, 0.15) is 18.9 Å². The van der Waals surface area contributed by atoms with E-state index in [1.165, 1.54) is 12.5 Å². The molecule has 1 saturated heterocycles. The van der Waals surface area contributed by atoms with Gasteiger partial charge in [0.05, 0.1) is 19.0 Å². The molecule has 7 heteroatoms. The van der Waals surface area contributed by atoms with E-state index < -0.39 is 9.05 Å². The van der Waals surface area contributed by atoms with Crippen molar-refractivity contribution in [2.45, 2.75) is 23.9 Å². The topological polar surface area (TPSA) is 61.2 Å². The summed E-state index contributed by atoms with van der Waals surface area (Å²) in [6.07, 6.45) is 4.88. The fourth-order valence-corrected chi connectivity index (χ4v) is 2.26. The normalized spacial score (nSPS) is 22.9. The second-order valence-electron chi connectivity index (χ2n) is 3.47. The predicted molar refractivity (Wildman–Crippen MR) is 54.4 cm³/mol. The van der Waals surface area contributed by atoms with Crippen LogP contribution in [0.25, 0.3) is 0 Å². The molecule has 1 aromatic rings. The van der Waals surface area contributed by atoms with Crippen LogP contribution in [-0.2, 0) is 13.8 Å². The van der Waals surface area contributed by atoms with Gasteiger partial charge in [0, 0.05) is 23.5 Å². The zero-order valence-electron chi connectivity index (χ0n) is 7.97. The van der Waals surface area contributed by atoms with Crippen LogP contribution in [0, 0.1) is 0 Å². The second kappa shape index (κ2) is 4.11. The van der Waals surface area contributed by atoms with Crippen molar-refractivity contribution < 1.29 is 13.2 Å². The lowest BCUT2D eigenvalue weighted by atomic mass is 10.1. The number of ether oxygens (including phenoxy) is 1. The van der Waals surface area contributed by atoms with Gasteiger partial charge in [-0.1, -0.05) is 0 Å². The Kier molecular flexibility index (Phi) is 2.99. The maximum absolute atomic E-state index is 11.0. The van der Waals surface area contributed by atoms with Gasteiger partial charge in [-0.2, -0.15) is 0 Å². The minimum absolute atomic E-state index is 0.102. The zero-order chi connectivity index (χ0) is 10.9. The van der Waals surface area contributed by atoms with Gasteiger partial charge in [0.15, 0.2) is 5.03 Å². The van der Waals surface area contributed by atoms with Gasteiger partial charge >= 0.3 is 0 Å². The van der Waals surface area contributed by atoms with E-state index in [9.17, 15) is 8.42 Å². The van der Waals surface area contributed by atoms with Crippen molar-refractivity contribution in [2.75, 3.05) is 13.2 Å². The number of rotatable bonds is 2. The molecule has 0 radical (unpaired) electrons.